The Bertz CT molecular complexity index is 88.5. The molecular formula is C4H11Cl3CrN. The van der Waals surface area contributed by atoms with Gasteiger partial charge in [0.25, 0.3) is 0 Å². The van der Waals surface area contributed by atoms with Crippen molar-refractivity contribution < 1.29 is 9.46 Å². The summed E-state index contributed by atoms with van der Waals surface area (Å²) in [7, 11) is 13.4. The van der Waals surface area contributed by atoms with Crippen LogP contribution in [0.3, 0.4) is 0 Å². The van der Waals surface area contributed by atoms with Crippen molar-refractivity contribution in [3.63, 3.8) is 0 Å². The van der Waals surface area contributed by atoms with Gasteiger partial charge < -0.3 is 0 Å². The van der Waals surface area contributed by atoms with Gasteiger partial charge in [0.05, 0.1) is 0 Å². The minimum absolute atomic E-state index is 0.571. The Labute approximate surface area is 69.3 Å². The van der Waals surface area contributed by atoms with Crippen molar-refractivity contribution in [3.05, 3.63) is 0 Å². The molecule has 0 aromatic heterocycles. The van der Waals surface area contributed by atoms with Crippen molar-refractivity contribution in [1.82, 2.24) is 0 Å². The zero-order valence-corrected chi connectivity index (χ0v) is 8.78. The van der Waals surface area contributed by atoms with Gasteiger partial charge in [-0.2, -0.15) is 0 Å². The van der Waals surface area contributed by atoms with E-state index in [0.717, 1.165) is 12.8 Å². The third-order valence-electron chi connectivity index (χ3n) is 0.847. The van der Waals surface area contributed by atoms with E-state index >= 15 is 0 Å². The molecule has 0 saturated carbocycles. The molecule has 5 heteroatoms. The molecular weight excluding hydrogens is 220 g/mol. The van der Waals surface area contributed by atoms with E-state index in [1.807, 2.05) is 6.92 Å². The Hall–Kier alpha value is 1.36. The van der Waals surface area contributed by atoms with Gasteiger partial charge in [0, 0.05) is 0 Å². The van der Waals surface area contributed by atoms with Crippen molar-refractivity contribution >= 4 is 30.1 Å². The third-order valence-corrected chi connectivity index (χ3v) is 4.30. The molecule has 0 spiro atoms. The van der Waals surface area contributed by atoms with Crippen LogP contribution in [0.1, 0.15) is 19.8 Å². The van der Waals surface area contributed by atoms with Gasteiger partial charge in [0.15, 0.2) is 0 Å². The van der Waals surface area contributed by atoms with Gasteiger partial charge in [-0.1, -0.05) is 0 Å². The third kappa shape index (κ3) is 9.36. The summed E-state index contributed by atoms with van der Waals surface area (Å²) in [6.45, 7) is 2.04. The fourth-order valence-electron chi connectivity index (χ4n) is 0.391. The molecule has 0 heterocycles. The molecule has 0 bridgehead atoms. The maximum absolute atomic E-state index is 5.64. The number of hydrogen-bond acceptors (Lipinski definition) is 1. The Morgan fingerprint density at radius 1 is 1.33 bits per heavy atom. The molecule has 0 aliphatic heterocycles. The van der Waals surface area contributed by atoms with Crippen LogP contribution in [0.25, 0.3) is 0 Å². The summed E-state index contributed by atoms with van der Waals surface area (Å²) in [4.78, 5) is 0. The first-order chi connectivity index (χ1) is 3.81. The fourth-order valence-corrected chi connectivity index (χ4v) is 2.96. The molecule has 0 rings (SSSR count). The molecule has 0 aliphatic rings. The Morgan fingerprint density at radius 2 is 1.78 bits per heavy atom. The SMILES string of the molecule is CCC[CH2][Cr]([NH2])([Cl])([Cl])[Cl]. The quantitative estimate of drug-likeness (QED) is 0.793. The van der Waals surface area contributed by atoms with E-state index in [2.05, 4.69) is 0 Å². The summed E-state index contributed by atoms with van der Waals surface area (Å²) < 4.78 is 5.43. The summed E-state index contributed by atoms with van der Waals surface area (Å²) in [6.07, 6.45) is 1.93. The van der Waals surface area contributed by atoms with Crippen LogP contribution < -0.4 is 4.72 Å². The molecule has 59 valence electrons. The van der Waals surface area contributed by atoms with E-state index in [-0.39, 0.29) is 0 Å². The predicted molar refractivity (Wildman–Crippen MR) is 41.5 cm³/mol. The van der Waals surface area contributed by atoms with E-state index in [1.165, 1.54) is 0 Å². The van der Waals surface area contributed by atoms with E-state index in [0.29, 0.717) is 5.28 Å². The van der Waals surface area contributed by atoms with Gasteiger partial charge in [-0.3, -0.25) is 0 Å². The van der Waals surface area contributed by atoms with Crippen LogP contribution >= 0.6 is 30.1 Å². The molecule has 0 fully saturated rings. The van der Waals surface area contributed by atoms with Gasteiger partial charge in [0.1, 0.15) is 0 Å². The number of hydrogen-bond donors (Lipinski definition) is 1. The van der Waals surface area contributed by atoms with E-state index in [4.69, 9.17) is 34.9 Å². The zero-order valence-electron chi connectivity index (χ0n) is 5.24. The van der Waals surface area contributed by atoms with Crippen molar-refractivity contribution in [2.75, 3.05) is 0 Å². The molecule has 2 N–H and O–H groups in total. The summed E-state index contributed by atoms with van der Waals surface area (Å²) in [5.41, 5.74) is 0. The average Bonchev–Trinajstić information content (AvgIpc) is 1.57. The van der Waals surface area contributed by atoms with Crippen molar-refractivity contribution in [3.8, 4) is 0 Å². The van der Waals surface area contributed by atoms with E-state index in [9.17, 15) is 0 Å². The van der Waals surface area contributed by atoms with Crippen molar-refractivity contribution in [1.29, 1.82) is 0 Å². The topological polar surface area (TPSA) is 26.0 Å². The van der Waals surface area contributed by atoms with E-state index < -0.39 is 9.46 Å². The van der Waals surface area contributed by atoms with Gasteiger partial charge in [-0.25, -0.2) is 0 Å². The first kappa shape index (κ1) is 10.4. The summed E-state index contributed by atoms with van der Waals surface area (Å²) >= 11 is 0. The van der Waals surface area contributed by atoms with Crippen LogP contribution in [0.5, 0.6) is 0 Å². The standard InChI is InChI=1S/C4H9.3ClH.Cr.H2N/c1-3-4-2;;;;;/h1,3-4H2,2H3;3*1H;;1H2/q;;;;+4;-1/p-3. The molecule has 1 nitrogen and oxygen atoms in total. The molecule has 0 radical (unpaired) electrons. The first-order valence-electron chi connectivity index (χ1n) is 2.69. The maximum atomic E-state index is 5.64. The number of rotatable bonds is 3. The number of unbranched alkanes of at least 4 members (excludes halogenated alkanes) is 1. The molecule has 0 amide bonds. The van der Waals surface area contributed by atoms with Crippen LogP contribution in [0.4, 0.5) is 0 Å². The van der Waals surface area contributed by atoms with Gasteiger partial charge in [-0.15, -0.1) is 0 Å². The van der Waals surface area contributed by atoms with Gasteiger partial charge in [-0.05, 0) is 0 Å². The van der Waals surface area contributed by atoms with Crippen LogP contribution in [0, 0.1) is 0 Å². The minimum atomic E-state index is -3.57. The second-order valence-corrected chi connectivity index (χ2v) is 16.2. The molecule has 9 heavy (non-hydrogen) atoms. The Balaban J connectivity index is 3.60. The van der Waals surface area contributed by atoms with Crippen molar-refractivity contribution in [2.24, 2.45) is 4.72 Å². The van der Waals surface area contributed by atoms with Crippen molar-refractivity contribution in [2.45, 2.75) is 25.0 Å². The molecule has 0 saturated heterocycles. The van der Waals surface area contributed by atoms with Gasteiger partial charge in [0.2, 0.25) is 0 Å². The second-order valence-electron chi connectivity index (χ2n) is 1.99. The summed E-state index contributed by atoms with van der Waals surface area (Å²) in [5.74, 6) is 0. The zero-order chi connectivity index (χ0) is 7.57. The Kier molecular flexibility index (Phi) is 3.65. The second kappa shape index (κ2) is 3.17. The monoisotopic (exact) mass is 230 g/mol. The van der Waals surface area contributed by atoms with Crippen LogP contribution in [-0.2, 0) is 9.46 Å². The molecule has 0 aromatic carbocycles. The Morgan fingerprint density at radius 3 is 1.89 bits per heavy atom. The average molecular weight is 231 g/mol. The molecule has 0 unspecified atom stereocenters. The molecule has 0 aromatic rings. The molecule has 0 atom stereocenters. The number of nitrogens with two attached hydrogens (primary N) is 1. The van der Waals surface area contributed by atoms with Crippen LogP contribution in [0.2, 0.25) is 5.28 Å². The van der Waals surface area contributed by atoms with Crippen LogP contribution in [0.15, 0.2) is 0 Å². The fraction of sp³-hybridized carbons (Fsp3) is 1.00. The first-order valence-corrected chi connectivity index (χ1v) is 9.60. The summed E-state index contributed by atoms with van der Waals surface area (Å²) in [6, 6.07) is 0. The predicted octanol–water partition coefficient (Wildman–Crippen LogP) is 3.23. The summed E-state index contributed by atoms with van der Waals surface area (Å²) in [5, 5.41) is 0.571. The van der Waals surface area contributed by atoms with Crippen LogP contribution in [-0.4, -0.2) is 0 Å². The van der Waals surface area contributed by atoms with Gasteiger partial charge >= 0.3 is 69.4 Å². The normalized spacial score (nSPS) is 16.8. The molecule has 0 aliphatic carbocycles. The van der Waals surface area contributed by atoms with E-state index in [1.54, 1.807) is 0 Å². The number of halogens is 3.